The minimum Gasteiger partial charge on any atom is -0.466 e. The number of carbonyl (C=O) groups is 2. The molecule has 0 heterocycles. The Balaban J connectivity index is 3.32. The summed E-state index contributed by atoms with van der Waals surface area (Å²) in [6.07, 6.45) is 68.4. The van der Waals surface area contributed by atoms with E-state index >= 15 is 0 Å². The lowest BCUT2D eigenvalue weighted by molar-refractivity contribution is -0.143. The van der Waals surface area contributed by atoms with Crippen LogP contribution < -0.4 is 5.32 Å². The summed E-state index contributed by atoms with van der Waals surface area (Å²) >= 11 is 0. The van der Waals surface area contributed by atoms with Gasteiger partial charge in [-0.25, -0.2) is 0 Å². The number of unbranched alkanes of at least 4 members (excludes halogenated alkanes) is 48. The monoisotopic (exact) mass is 962 g/mol. The van der Waals surface area contributed by atoms with Crippen LogP contribution in [0.25, 0.3) is 0 Å². The molecule has 0 aromatic carbocycles. The zero-order valence-corrected chi connectivity index (χ0v) is 46.4. The van der Waals surface area contributed by atoms with Crippen LogP contribution in [0.1, 0.15) is 361 Å². The Kier molecular flexibility index (Phi) is 57.5. The fraction of sp³-hybridized carbons (Fsp3) is 0.968. The van der Waals surface area contributed by atoms with E-state index < -0.39 is 12.1 Å². The maximum Gasteiger partial charge on any atom is 0.305 e. The van der Waals surface area contributed by atoms with Crippen LogP contribution >= 0.6 is 0 Å². The number of hydrogen-bond donors (Lipinski definition) is 3. The Bertz CT molecular complexity index is 975. The molecule has 2 unspecified atom stereocenters. The van der Waals surface area contributed by atoms with Gasteiger partial charge in [0.2, 0.25) is 5.91 Å². The quantitative estimate of drug-likeness (QED) is 0.0417. The third-order valence-corrected chi connectivity index (χ3v) is 14.9. The molecule has 0 aliphatic carbocycles. The molecule has 0 aliphatic heterocycles. The van der Waals surface area contributed by atoms with Crippen LogP contribution in [0.4, 0.5) is 0 Å². The van der Waals surface area contributed by atoms with Gasteiger partial charge < -0.3 is 20.3 Å². The number of hydrogen-bond acceptors (Lipinski definition) is 5. The van der Waals surface area contributed by atoms with Crippen molar-refractivity contribution in [3.8, 4) is 0 Å². The topological polar surface area (TPSA) is 95.9 Å². The van der Waals surface area contributed by atoms with Crippen LogP contribution in [0, 0.1) is 0 Å². The molecule has 0 fully saturated rings. The van der Waals surface area contributed by atoms with Crippen molar-refractivity contribution < 1.29 is 24.5 Å². The normalized spacial score (nSPS) is 12.5. The molecule has 6 nitrogen and oxygen atoms in total. The molecule has 0 saturated heterocycles. The maximum absolute atomic E-state index is 12.4. The lowest BCUT2D eigenvalue weighted by atomic mass is 10.0. The van der Waals surface area contributed by atoms with Crippen LogP contribution in [0.5, 0.6) is 0 Å². The van der Waals surface area contributed by atoms with E-state index in [9.17, 15) is 19.8 Å². The third-order valence-electron chi connectivity index (χ3n) is 14.9. The average molecular weight is 963 g/mol. The maximum atomic E-state index is 12.4. The second kappa shape index (κ2) is 58.4. The fourth-order valence-electron chi connectivity index (χ4n) is 10.1. The second-order valence-electron chi connectivity index (χ2n) is 21.8. The van der Waals surface area contributed by atoms with Crippen LogP contribution in [0.15, 0.2) is 0 Å². The van der Waals surface area contributed by atoms with Gasteiger partial charge in [-0.3, -0.25) is 9.59 Å². The van der Waals surface area contributed by atoms with Crippen LogP contribution in [-0.2, 0) is 14.3 Å². The van der Waals surface area contributed by atoms with Crippen molar-refractivity contribution in [1.82, 2.24) is 5.32 Å². The van der Waals surface area contributed by atoms with Gasteiger partial charge in [-0.2, -0.15) is 0 Å². The number of nitrogens with one attached hydrogen (secondary N) is 1. The Morgan fingerprint density at radius 3 is 0.897 bits per heavy atom. The van der Waals surface area contributed by atoms with Crippen molar-refractivity contribution >= 4 is 11.9 Å². The highest BCUT2D eigenvalue weighted by Crippen LogP contribution is 2.19. The first kappa shape index (κ1) is 66.9. The van der Waals surface area contributed by atoms with Crippen LogP contribution in [-0.4, -0.2) is 47.4 Å². The van der Waals surface area contributed by atoms with Gasteiger partial charge in [0, 0.05) is 12.8 Å². The van der Waals surface area contributed by atoms with Gasteiger partial charge in [-0.05, 0) is 25.7 Å². The number of esters is 1. The molecule has 2 atom stereocenters. The first-order chi connectivity index (χ1) is 33.5. The van der Waals surface area contributed by atoms with Gasteiger partial charge in [0.15, 0.2) is 0 Å². The molecule has 0 saturated carbocycles. The molecule has 0 aromatic heterocycles. The molecule has 0 aliphatic rings. The van der Waals surface area contributed by atoms with E-state index in [0.29, 0.717) is 25.9 Å². The first-order valence-electron chi connectivity index (χ1n) is 31.3. The Labute approximate surface area is 426 Å². The summed E-state index contributed by atoms with van der Waals surface area (Å²) < 4.78 is 5.50. The largest absolute Gasteiger partial charge is 0.466 e. The molecule has 406 valence electrons. The highest BCUT2D eigenvalue weighted by atomic mass is 16.5. The number of aliphatic hydroxyl groups excluding tert-OH is 2. The van der Waals surface area contributed by atoms with E-state index in [1.165, 1.54) is 289 Å². The number of aliphatic hydroxyl groups is 2. The van der Waals surface area contributed by atoms with E-state index in [1.807, 2.05) is 0 Å². The predicted octanol–water partition coefficient (Wildman–Crippen LogP) is 19.5. The number of rotatable bonds is 59. The van der Waals surface area contributed by atoms with E-state index in [0.717, 1.165) is 38.5 Å². The van der Waals surface area contributed by atoms with Crippen molar-refractivity contribution in [2.75, 3.05) is 13.2 Å². The van der Waals surface area contributed by atoms with Gasteiger partial charge >= 0.3 is 5.97 Å². The molecule has 0 spiro atoms. The SMILES string of the molecule is CCCCCCCCCCCCCCCCCCC(=O)OCCCCCCCCCCCCCCCCCCCCCCCCCCC(=O)NC(CO)C(O)CCCCCCCCCCCCC. The first-order valence-corrected chi connectivity index (χ1v) is 31.3. The summed E-state index contributed by atoms with van der Waals surface area (Å²) in [4.78, 5) is 24.5. The lowest BCUT2D eigenvalue weighted by Crippen LogP contribution is -2.45. The molecule has 6 heteroatoms. The number of amides is 1. The molecule has 0 bridgehead atoms. The molecule has 68 heavy (non-hydrogen) atoms. The van der Waals surface area contributed by atoms with E-state index in [-0.39, 0.29) is 18.5 Å². The summed E-state index contributed by atoms with van der Waals surface area (Å²) in [7, 11) is 0. The Hall–Kier alpha value is -1.14. The van der Waals surface area contributed by atoms with Gasteiger partial charge in [-0.1, -0.05) is 322 Å². The van der Waals surface area contributed by atoms with Gasteiger partial charge in [0.05, 0.1) is 25.4 Å². The van der Waals surface area contributed by atoms with Crippen LogP contribution in [0.2, 0.25) is 0 Å². The Morgan fingerprint density at radius 2 is 0.603 bits per heavy atom. The van der Waals surface area contributed by atoms with Gasteiger partial charge in [0.1, 0.15) is 0 Å². The highest BCUT2D eigenvalue weighted by molar-refractivity contribution is 5.76. The zero-order chi connectivity index (χ0) is 49.3. The van der Waals surface area contributed by atoms with Crippen molar-refractivity contribution in [3.63, 3.8) is 0 Å². The lowest BCUT2D eigenvalue weighted by Gasteiger charge is -2.22. The average Bonchev–Trinajstić information content (AvgIpc) is 3.34. The fourth-order valence-corrected chi connectivity index (χ4v) is 10.1. The number of ether oxygens (including phenoxy) is 1. The molecular weight excluding hydrogens is 839 g/mol. The van der Waals surface area contributed by atoms with E-state index in [1.54, 1.807) is 0 Å². The summed E-state index contributed by atoms with van der Waals surface area (Å²) in [6.45, 7) is 4.98. The molecule has 0 aromatic rings. The minimum atomic E-state index is -0.660. The van der Waals surface area contributed by atoms with Crippen molar-refractivity contribution in [2.45, 2.75) is 373 Å². The molecule has 1 amide bonds. The smallest absolute Gasteiger partial charge is 0.305 e. The van der Waals surface area contributed by atoms with Gasteiger partial charge in [-0.15, -0.1) is 0 Å². The van der Waals surface area contributed by atoms with E-state index in [4.69, 9.17) is 4.74 Å². The summed E-state index contributed by atoms with van der Waals surface area (Å²) in [5.41, 5.74) is 0. The molecule has 0 rings (SSSR count). The summed E-state index contributed by atoms with van der Waals surface area (Å²) in [5, 5.41) is 23.2. The molecular formula is C62H123NO5. The highest BCUT2D eigenvalue weighted by Gasteiger charge is 2.20. The van der Waals surface area contributed by atoms with Gasteiger partial charge in [0.25, 0.3) is 0 Å². The van der Waals surface area contributed by atoms with Crippen molar-refractivity contribution in [3.05, 3.63) is 0 Å². The Morgan fingerprint density at radius 1 is 0.353 bits per heavy atom. The summed E-state index contributed by atoms with van der Waals surface area (Å²) in [6, 6.07) is -0.538. The standard InChI is InChI=1S/C62H123NO5/c1-3-5-7-9-11-13-15-16-17-29-32-36-40-44-48-52-56-62(67)68-57-53-49-45-41-37-33-30-27-25-23-21-19-18-20-22-24-26-28-31-35-39-43-47-51-55-61(66)63-59(58-64)60(65)54-50-46-42-38-34-14-12-10-8-6-4-2/h59-60,64-65H,3-58H2,1-2H3,(H,63,66). The minimum absolute atomic E-state index is 0.0198. The zero-order valence-electron chi connectivity index (χ0n) is 46.4. The second-order valence-corrected chi connectivity index (χ2v) is 21.8. The predicted molar refractivity (Wildman–Crippen MR) is 297 cm³/mol. The molecule has 3 N–H and O–H groups in total. The third kappa shape index (κ3) is 54.2. The van der Waals surface area contributed by atoms with E-state index in [2.05, 4.69) is 19.2 Å². The van der Waals surface area contributed by atoms with Crippen molar-refractivity contribution in [1.29, 1.82) is 0 Å². The summed E-state index contributed by atoms with van der Waals surface area (Å²) in [5.74, 6) is -0.0129. The number of carbonyl (C=O) groups excluding carboxylic acids is 2. The van der Waals surface area contributed by atoms with Crippen molar-refractivity contribution in [2.24, 2.45) is 0 Å². The molecule has 0 radical (unpaired) electrons. The van der Waals surface area contributed by atoms with Crippen LogP contribution in [0.3, 0.4) is 0 Å².